The summed E-state index contributed by atoms with van der Waals surface area (Å²) in [4.78, 5) is 25.0. The molecule has 0 aromatic carbocycles. The number of alkyl halides is 3. The predicted octanol–water partition coefficient (Wildman–Crippen LogP) is 2.39. The second-order valence-corrected chi connectivity index (χ2v) is 6.74. The van der Waals surface area contributed by atoms with Crippen molar-refractivity contribution in [2.24, 2.45) is 0 Å². The van der Waals surface area contributed by atoms with Gasteiger partial charge in [-0.1, -0.05) is 19.3 Å². The summed E-state index contributed by atoms with van der Waals surface area (Å²) in [5.74, 6) is -0.904. The third-order valence-electron chi connectivity index (χ3n) is 5.17. The van der Waals surface area contributed by atoms with Gasteiger partial charge >= 0.3 is 6.18 Å². The van der Waals surface area contributed by atoms with E-state index in [9.17, 15) is 22.8 Å². The Balaban J connectivity index is 2.03. The van der Waals surface area contributed by atoms with Gasteiger partial charge in [-0.05, 0) is 25.7 Å². The first kappa shape index (κ1) is 19.0. The number of amides is 2. The van der Waals surface area contributed by atoms with Gasteiger partial charge in [0.25, 0.3) is 5.91 Å². The number of carbonyl (C=O) groups excluding carboxylic acids is 2. The number of likely N-dealkylation sites (tertiary alicyclic amines) is 1. The van der Waals surface area contributed by atoms with Crippen LogP contribution in [0.25, 0.3) is 0 Å². The number of nitrogens with one attached hydrogen (secondary N) is 1. The zero-order valence-corrected chi connectivity index (χ0v) is 14.1. The van der Waals surface area contributed by atoms with E-state index >= 15 is 0 Å². The van der Waals surface area contributed by atoms with Crippen LogP contribution in [0.1, 0.15) is 51.9 Å². The molecule has 8 heteroatoms. The number of hydrogen-bond donors (Lipinski definition) is 1. The van der Waals surface area contributed by atoms with E-state index in [1.807, 2.05) is 0 Å². The van der Waals surface area contributed by atoms with E-state index < -0.39 is 29.8 Å². The van der Waals surface area contributed by atoms with Crippen LogP contribution in [0.15, 0.2) is 0 Å². The standard InChI is InChI=1S/C16H25F3N2O3/c1-11(22)21-10-12(6-7-13(21)16(17,18)19)20-14(23)15(24-2)8-4-3-5-9-15/h12-13H,3-10H2,1-2H3,(H,20,23). The van der Waals surface area contributed by atoms with E-state index in [0.717, 1.165) is 31.1 Å². The number of rotatable bonds is 3. The van der Waals surface area contributed by atoms with Gasteiger partial charge in [0.05, 0.1) is 0 Å². The SMILES string of the molecule is COC1(C(=O)NC2CCC(C(F)(F)F)N(C(C)=O)C2)CCCCC1. The minimum atomic E-state index is -4.45. The minimum Gasteiger partial charge on any atom is -0.368 e. The van der Waals surface area contributed by atoms with E-state index in [4.69, 9.17) is 4.74 Å². The van der Waals surface area contributed by atoms with Gasteiger partial charge in [-0.15, -0.1) is 0 Å². The van der Waals surface area contributed by atoms with E-state index in [2.05, 4.69) is 5.32 Å². The van der Waals surface area contributed by atoms with Gasteiger partial charge in [-0.2, -0.15) is 13.2 Å². The van der Waals surface area contributed by atoms with Crippen LogP contribution < -0.4 is 5.32 Å². The van der Waals surface area contributed by atoms with Crippen molar-refractivity contribution in [3.05, 3.63) is 0 Å². The van der Waals surface area contributed by atoms with E-state index in [1.165, 1.54) is 7.11 Å². The number of halogens is 3. The van der Waals surface area contributed by atoms with Gasteiger partial charge in [-0.3, -0.25) is 9.59 Å². The molecule has 0 bridgehead atoms. The van der Waals surface area contributed by atoms with Crippen molar-refractivity contribution in [2.75, 3.05) is 13.7 Å². The highest BCUT2D eigenvalue weighted by atomic mass is 19.4. The van der Waals surface area contributed by atoms with Crippen molar-refractivity contribution in [1.29, 1.82) is 0 Å². The van der Waals surface area contributed by atoms with Gasteiger partial charge in [0.15, 0.2) is 0 Å². The number of ether oxygens (including phenoxy) is 1. The van der Waals surface area contributed by atoms with Crippen molar-refractivity contribution in [2.45, 2.75) is 75.7 Å². The van der Waals surface area contributed by atoms with Crippen molar-refractivity contribution in [1.82, 2.24) is 10.2 Å². The first-order valence-electron chi connectivity index (χ1n) is 8.39. The van der Waals surface area contributed by atoms with Crippen LogP contribution in [0, 0.1) is 0 Å². The number of hydrogen-bond acceptors (Lipinski definition) is 3. The second-order valence-electron chi connectivity index (χ2n) is 6.74. The van der Waals surface area contributed by atoms with Crippen molar-refractivity contribution in [3.63, 3.8) is 0 Å². The van der Waals surface area contributed by atoms with Crippen LogP contribution in [-0.2, 0) is 14.3 Å². The number of carbonyl (C=O) groups is 2. The van der Waals surface area contributed by atoms with Crippen LogP contribution in [0.5, 0.6) is 0 Å². The molecule has 0 aromatic rings. The Kier molecular flexibility index (Phi) is 5.78. The lowest BCUT2D eigenvalue weighted by molar-refractivity contribution is -0.197. The summed E-state index contributed by atoms with van der Waals surface area (Å²) in [6.07, 6.45) is -0.394. The summed E-state index contributed by atoms with van der Waals surface area (Å²) in [6, 6.07) is -2.25. The molecule has 1 aliphatic heterocycles. The first-order valence-corrected chi connectivity index (χ1v) is 8.39. The summed E-state index contributed by atoms with van der Waals surface area (Å²) in [5.41, 5.74) is -0.889. The van der Waals surface area contributed by atoms with Crippen molar-refractivity contribution in [3.8, 4) is 0 Å². The van der Waals surface area contributed by atoms with E-state index in [-0.39, 0.29) is 25.3 Å². The van der Waals surface area contributed by atoms with Crippen LogP contribution in [0.4, 0.5) is 13.2 Å². The zero-order valence-electron chi connectivity index (χ0n) is 14.1. The molecule has 2 fully saturated rings. The van der Waals surface area contributed by atoms with Gasteiger partial charge in [0, 0.05) is 26.6 Å². The molecule has 1 heterocycles. The molecule has 24 heavy (non-hydrogen) atoms. The summed E-state index contributed by atoms with van der Waals surface area (Å²) in [6.45, 7) is 1.01. The molecule has 5 nitrogen and oxygen atoms in total. The molecule has 1 saturated carbocycles. The molecular formula is C16H25F3N2O3. The van der Waals surface area contributed by atoms with Gasteiger partial charge in [-0.25, -0.2) is 0 Å². The average molecular weight is 350 g/mol. The fourth-order valence-corrected chi connectivity index (χ4v) is 3.74. The molecule has 0 aromatic heterocycles. The molecule has 2 rings (SSSR count). The zero-order chi connectivity index (χ0) is 18.0. The normalized spacial score (nSPS) is 27.6. The lowest BCUT2D eigenvalue weighted by atomic mass is 9.83. The Bertz CT molecular complexity index is 476. The van der Waals surface area contributed by atoms with Crippen LogP contribution >= 0.6 is 0 Å². The summed E-state index contributed by atoms with van der Waals surface area (Å²) in [7, 11) is 1.49. The smallest absolute Gasteiger partial charge is 0.368 e. The van der Waals surface area contributed by atoms with Crippen LogP contribution in [0.2, 0.25) is 0 Å². The first-order chi connectivity index (χ1) is 11.2. The fourth-order valence-electron chi connectivity index (χ4n) is 3.74. The molecule has 0 radical (unpaired) electrons. The summed E-state index contributed by atoms with van der Waals surface area (Å²) >= 11 is 0. The summed E-state index contributed by atoms with van der Waals surface area (Å²) in [5, 5.41) is 2.81. The van der Waals surface area contributed by atoms with Gasteiger partial charge in [0.2, 0.25) is 5.91 Å². The number of piperidine rings is 1. The molecule has 1 N–H and O–H groups in total. The van der Waals surface area contributed by atoms with Crippen LogP contribution in [-0.4, -0.2) is 54.2 Å². The predicted molar refractivity (Wildman–Crippen MR) is 81.2 cm³/mol. The Morgan fingerprint density at radius 2 is 1.79 bits per heavy atom. The molecular weight excluding hydrogens is 325 g/mol. The second kappa shape index (κ2) is 7.29. The van der Waals surface area contributed by atoms with E-state index in [1.54, 1.807) is 0 Å². The van der Waals surface area contributed by atoms with Gasteiger partial charge in [0.1, 0.15) is 11.6 Å². The molecule has 138 valence electrons. The highest BCUT2D eigenvalue weighted by molar-refractivity contribution is 5.85. The monoisotopic (exact) mass is 350 g/mol. The molecule has 2 unspecified atom stereocenters. The third-order valence-corrected chi connectivity index (χ3v) is 5.17. The van der Waals surface area contributed by atoms with Crippen molar-refractivity contribution < 1.29 is 27.5 Å². The minimum absolute atomic E-state index is 0.120. The maximum absolute atomic E-state index is 13.0. The lowest BCUT2D eigenvalue weighted by Gasteiger charge is -2.42. The maximum Gasteiger partial charge on any atom is 0.408 e. The lowest BCUT2D eigenvalue weighted by Crippen LogP contribution is -2.60. The number of methoxy groups -OCH3 is 1. The third kappa shape index (κ3) is 4.02. The Morgan fingerprint density at radius 3 is 2.29 bits per heavy atom. The highest BCUT2D eigenvalue weighted by Crippen LogP contribution is 2.34. The Hall–Kier alpha value is -1.31. The molecule has 0 spiro atoms. The maximum atomic E-state index is 13.0. The quantitative estimate of drug-likeness (QED) is 0.850. The topological polar surface area (TPSA) is 58.6 Å². The van der Waals surface area contributed by atoms with Crippen molar-refractivity contribution >= 4 is 11.8 Å². The Morgan fingerprint density at radius 1 is 1.17 bits per heavy atom. The largest absolute Gasteiger partial charge is 0.408 e. The molecule has 2 atom stereocenters. The number of nitrogens with zero attached hydrogens (tertiary/aromatic N) is 1. The van der Waals surface area contributed by atoms with E-state index in [0.29, 0.717) is 12.8 Å². The average Bonchev–Trinajstić information content (AvgIpc) is 2.54. The Labute approximate surface area is 139 Å². The summed E-state index contributed by atoms with van der Waals surface area (Å²) < 4.78 is 44.6. The molecule has 2 aliphatic rings. The van der Waals surface area contributed by atoms with Crippen LogP contribution in [0.3, 0.4) is 0 Å². The highest BCUT2D eigenvalue weighted by Gasteiger charge is 2.48. The fraction of sp³-hybridized carbons (Fsp3) is 0.875. The molecule has 1 saturated heterocycles. The van der Waals surface area contributed by atoms with Gasteiger partial charge < -0.3 is 15.0 Å². The molecule has 1 aliphatic carbocycles. The molecule has 2 amide bonds.